The predicted octanol–water partition coefficient (Wildman–Crippen LogP) is 2.58. The second kappa shape index (κ2) is 6.24. The van der Waals surface area contributed by atoms with Crippen LogP contribution in [-0.4, -0.2) is 37.2 Å². The molecule has 0 saturated carbocycles. The normalized spacial score (nSPS) is 27.4. The fourth-order valence-corrected chi connectivity index (χ4v) is 3.54. The zero-order valence-corrected chi connectivity index (χ0v) is 13.0. The SMILES string of the molecule is CC1CCCN(C(CN)c2ccc3c(c2)OCCO3)C1C. The first-order chi connectivity index (χ1) is 10.2. The summed E-state index contributed by atoms with van der Waals surface area (Å²) in [5, 5.41) is 0. The fourth-order valence-electron chi connectivity index (χ4n) is 3.54. The number of benzene rings is 1. The van der Waals surface area contributed by atoms with Crippen molar-refractivity contribution in [3.8, 4) is 11.5 Å². The molecule has 2 N–H and O–H groups in total. The predicted molar refractivity (Wildman–Crippen MR) is 83.8 cm³/mol. The summed E-state index contributed by atoms with van der Waals surface area (Å²) in [6.07, 6.45) is 2.57. The van der Waals surface area contributed by atoms with Crippen molar-refractivity contribution in [2.75, 3.05) is 26.3 Å². The van der Waals surface area contributed by atoms with Crippen molar-refractivity contribution in [2.24, 2.45) is 11.7 Å². The average molecular weight is 290 g/mol. The van der Waals surface area contributed by atoms with Gasteiger partial charge in [0.2, 0.25) is 0 Å². The Hall–Kier alpha value is -1.26. The Morgan fingerprint density at radius 2 is 2.00 bits per heavy atom. The van der Waals surface area contributed by atoms with E-state index in [-0.39, 0.29) is 6.04 Å². The van der Waals surface area contributed by atoms with Crippen LogP contribution in [0.3, 0.4) is 0 Å². The second-order valence-corrected chi connectivity index (χ2v) is 6.25. The Labute approximate surface area is 127 Å². The quantitative estimate of drug-likeness (QED) is 0.929. The van der Waals surface area contributed by atoms with Gasteiger partial charge in [0.05, 0.1) is 0 Å². The van der Waals surface area contributed by atoms with Gasteiger partial charge in [0.15, 0.2) is 11.5 Å². The van der Waals surface area contributed by atoms with Gasteiger partial charge in [-0.05, 0) is 49.9 Å². The van der Waals surface area contributed by atoms with Crippen molar-refractivity contribution in [1.82, 2.24) is 4.90 Å². The smallest absolute Gasteiger partial charge is 0.161 e. The molecule has 3 rings (SSSR count). The van der Waals surface area contributed by atoms with Crippen LogP contribution in [0.1, 0.15) is 38.3 Å². The molecule has 0 amide bonds. The van der Waals surface area contributed by atoms with Gasteiger partial charge in [0, 0.05) is 18.6 Å². The summed E-state index contributed by atoms with van der Waals surface area (Å²) in [5.74, 6) is 2.43. The summed E-state index contributed by atoms with van der Waals surface area (Å²) in [6, 6.07) is 7.10. The maximum absolute atomic E-state index is 6.11. The number of ether oxygens (including phenoxy) is 2. The number of hydrogen-bond acceptors (Lipinski definition) is 4. The lowest BCUT2D eigenvalue weighted by atomic mass is 9.89. The van der Waals surface area contributed by atoms with Crippen LogP contribution in [0.25, 0.3) is 0 Å². The van der Waals surface area contributed by atoms with Gasteiger partial charge < -0.3 is 15.2 Å². The third kappa shape index (κ3) is 2.87. The monoisotopic (exact) mass is 290 g/mol. The first-order valence-electron chi connectivity index (χ1n) is 8.06. The van der Waals surface area contributed by atoms with E-state index in [1.54, 1.807) is 0 Å². The minimum absolute atomic E-state index is 0.263. The molecule has 1 aromatic rings. The minimum Gasteiger partial charge on any atom is -0.486 e. The number of likely N-dealkylation sites (tertiary alicyclic amines) is 1. The maximum atomic E-state index is 6.11. The molecule has 0 aromatic heterocycles. The van der Waals surface area contributed by atoms with Crippen molar-refractivity contribution in [1.29, 1.82) is 0 Å². The molecular formula is C17H26N2O2. The number of nitrogens with two attached hydrogens (primary N) is 1. The summed E-state index contributed by atoms with van der Waals surface area (Å²) >= 11 is 0. The molecular weight excluding hydrogens is 264 g/mol. The van der Waals surface area contributed by atoms with Crippen LogP contribution in [0, 0.1) is 5.92 Å². The molecule has 21 heavy (non-hydrogen) atoms. The van der Waals surface area contributed by atoms with Crippen LogP contribution >= 0.6 is 0 Å². The van der Waals surface area contributed by atoms with Crippen molar-refractivity contribution in [3.05, 3.63) is 23.8 Å². The molecule has 0 radical (unpaired) electrons. The standard InChI is InChI=1S/C17H26N2O2/c1-12-4-3-7-19(13(12)2)15(11-18)14-5-6-16-17(10-14)21-9-8-20-16/h5-6,10,12-13,15H,3-4,7-9,11,18H2,1-2H3. The summed E-state index contributed by atoms with van der Waals surface area (Å²) in [6.45, 7) is 7.69. The third-order valence-corrected chi connectivity index (χ3v) is 5.00. The molecule has 116 valence electrons. The molecule has 1 fully saturated rings. The van der Waals surface area contributed by atoms with Crippen LogP contribution in [-0.2, 0) is 0 Å². The van der Waals surface area contributed by atoms with E-state index < -0.39 is 0 Å². The zero-order valence-electron chi connectivity index (χ0n) is 13.0. The molecule has 2 aliphatic heterocycles. The molecule has 1 aromatic carbocycles. The maximum Gasteiger partial charge on any atom is 0.161 e. The fraction of sp³-hybridized carbons (Fsp3) is 0.647. The molecule has 0 bridgehead atoms. The second-order valence-electron chi connectivity index (χ2n) is 6.25. The van der Waals surface area contributed by atoms with Crippen LogP contribution in [0.15, 0.2) is 18.2 Å². The lowest BCUT2D eigenvalue weighted by Crippen LogP contribution is -2.46. The summed E-state index contributed by atoms with van der Waals surface area (Å²) in [4.78, 5) is 2.56. The minimum atomic E-state index is 0.263. The van der Waals surface area contributed by atoms with Gasteiger partial charge in [-0.1, -0.05) is 13.0 Å². The molecule has 4 nitrogen and oxygen atoms in total. The molecule has 1 saturated heterocycles. The highest BCUT2D eigenvalue weighted by Gasteiger charge is 2.31. The van der Waals surface area contributed by atoms with Crippen LogP contribution < -0.4 is 15.2 Å². The van der Waals surface area contributed by atoms with Gasteiger partial charge in [-0.15, -0.1) is 0 Å². The molecule has 3 atom stereocenters. The number of fused-ring (bicyclic) bond motifs is 1. The van der Waals surface area contributed by atoms with E-state index in [1.165, 1.54) is 18.4 Å². The lowest BCUT2D eigenvalue weighted by Gasteiger charge is -2.43. The number of nitrogens with zero attached hydrogens (tertiary/aromatic N) is 1. The Morgan fingerprint density at radius 1 is 1.24 bits per heavy atom. The Bertz CT molecular complexity index is 492. The van der Waals surface area contributed by atoms with Crippen LogP contribution in [0.4, 0.5) is 0 Å². The van der Waals surface area contributed by atoms with Crippen molar-refractivity contribution in [2.45, 2.75) is 38.8 Å². The summed E-state index contributed by atoms with van der Waals surface area (Å²) < 4.78 is 11.3. The molecule has 2 heterocycles. The number of rotatable bonds is 3. The van der Waals surface area contributed by atoms with Crippen molar-refractivity contribution >= 4 is 0 Å². The first kappa shape index (κ1) is 14.7. The van der Waals surface area contributed by atoms with E-state index in [2.05, 4.69) is 30.9 Å². The first-order valence-corrected chi connectivity index (χ1v) is 8.06. The Morgan fingerprint density at radius 3 is 2.76 bits per heavy atom. The number of piperidine rings is 1. The van der Waals surface area contributed by atoms with E-state index in [1.807, 2.05) is 6.07 Å². The van der Waals surface area contributed by atoms with Gasteiger partial charge >= 0.3 is 0 Å². The zero-order chi connectivity index (χ0) is 14.8. The molecule has 2 aliphatic rings. The van der Waals surface area contributed by atoms with E-state index in [0.717, 1.165) is 24.0 Å². The highest BCUT2D eigenvalue weighted by Crippen LogP contribution is 2.36. The number of hydrogen-bond donors (Lipinski definition) is 1. The third-order valence-electron chi connectivity index (χ3n) is 5.00. The Balaban J connectivity index is 1.85. The van der Waals surface area contributed by atoms with Crippen LogP contribution in [0.2, 0.25) is 0 Å². The summed E-state index contributed by atoms with van der Waals surface area (Å²) in [5.41, 5.74) is 7.34. The topological polar surface area (TPSA) is 47.7 Å². The van der Waals surface area contributed by atoms with Crippen molar-refractivity contribution < 1.29 is 9.47 Å². The Kier molecular flexibility index (Phi) is 4.36. The van der Waals surface area contributed by atoms with Crippen LogP contribution in [0.5, 0.6) is 11.5 Å². The summed E-state index contributed by atoms with van der Waals surface area (Å²) in [7, 11) is 0. The van der Waals surface area contributed by atoms with Gasteiger partial charge in [-0.25, -0.2) is 0 Å². The van der Waals surface area contributed by atoms with Gasteiger partial charge in [-0.3, -0.25) is 4.90 Å². The molecule has 3 unspecified atom stereocenters. The van der Waals surface area contributed by atoms with Gasteiger partial charge in [0.25, 0.3) is 0 Å². The lowest BCUT2D eigenvalue weighted by molar-refractivity contribution is 0.0706. The van der Waals surface area contributed by atoms with Gasteiger partial charge in [0.1, 0.15) is 13.2 Å². The molecule has 4 heteroatoms. The van der Waals surface area contributed by atoms with E-state index in [0.29, 0.717) is 25.8 Å². The van der Waals surface area contributed by atoms with E-state index in [9.17, 15) is 0 Å². The molecule has 0 aliphatic carbocycles. The van der Waals surface area contributed by atoms with E-state index in [4.69, 9.17) is 15.2 Å². The van der Waals surface area contributed by atoms with Gasteiger partial charge in [-0.2, -0.15) is 0 Å². The largest absolute Gasteiger partial charge is 0.486 e. The van der Waals surface area contributed by atoms with E-state index >= 15 is 0 Å². The highest BCUT2D eigenvalue weighted by molar-refractivity contribution is 5.44. The highest BCUT2D eigenvalue weighted by atomic mass is 16.6. The van der Waals surface area contributed by atoms with Crippen molar-refractivity contribution in [3.63, 3.8) is 0 Å². The molecule has 0 spiro atoms. The average Bonchev–Trinajstić information content (AvgIpc) is 2.52.